The van der Waals surface area contributed by atoms with Crippen LogP contribution in [-0.2, 0) is 22.6 Å². The van der Waals surface area contributed by atoms with Crippen molar-refractivity contribution in [2.45, 2.75) is 37.4 Å². The topological polar surface area (TPSA) is 109 Å². The number of nitrogens with zero attached hydrogens (tertiary/aromatic N) is 2. The maximum atomic E-state index is 13.1. The number of nitriles is 1. The van der Waals surface area contributed by atoms with Crippen molar-refractivity contribution in [2.24, 2.45) is 0 Å². The highest BCUT2D eigenvalue weighted by molar-refractivity contribution is 7.91. The quantitative estimate of drug-likeness (QED) is 0.310. The summed E-state index contributed by atoms with van der Waals surface area (Å²) in [6.07, 6.45) is -0.688. The Morgan fingerprint density at radius 3 is 2.45 bits per heavy atom. The molecular formula is C27H24F3N3O4S. The van der Waals surface area contributed by atoms with E-state index in [0.29, 0.717) is 24.1 Å². The van der Waals surface area contributed by atoms with Gasteiger partial charge in [0.1, 0.15) is 5.56 Å². The van der Waals surface area contributed by atoms with Gasteiger partial charge in [-0.2, -0.15) is 18.4 Å². The highest BCUT2D eigenvalue weighted by atomic mass is 32.2. The van der Waals surface area contributed by atoms with Crippen molar-refractivity contribution in [3.63, 3.8) is 0 Å². The molecule has 198 valence electrons. The molecule has 1 heterocycles. The zero-order valence-electron chi connectivity index (χ0n) is 20.3. The Balaban J connectivity index is 1.73. The van der Waals surface area contributed by atoms with Crippen LogP contribution in [0, 0.1) is 18.3 Å². The Morgan fingerprint density at radius 2 is 1.79 bits per heavy atom. The first-order valence-electron chi connectivity index (χ1n) is 11.5. The molecule has 7 nitrogen and oxygen atoms in total. The van der Waals surface area contributed by atoms with Gasteiger partial charge in [0.05, 0.1) is 22.3 Å². The summed E-state index contributed by atoms with van der Waals surface area (Å²) in [7, 11) is -3.56. The molecule has 0 aliphatic carbocycles. The van der Waals surface area contributed by atoms with E-state index < -0.39 is 33.0 Å². The number of unbranched alkanes of at least 4 members (excludes halogenated alkanes) is 1. The number of hydrogen-bond acceptors (Lipinski definition) is 5. The fraction of sp³-hybridized carbons (Fsp3) is 0.222. The third-order valence-corrected chi connectivity index (χ3v) is 7.22. The largest absolute Gasteiger partial charge is 0.416 e. The van der Waals surface area contributed by atoms with Gasteiger partial charge < -0.3 is 5.32 Å². The minimum absolute atomic E-state index is 0.00982. The Morgan fingerprint density at radius 1 is 1.08 bits per heavy atom. The molecule has 3 rings (SSSR count). The number of aryl methyl sites for hydroxylation is 1. The van der Waals surface area contributed by atoms with Gasteiger partial charge in [0, 0.05) is 24.3 Å². The summed E-state index contributed by atoms with van der Waals surface area (Å²) in [4.78, 5) is 25.9. The third-order valence-electron chi connectivity index (χ3n) is 5.59. The number of hydrogen-bond donors (Lipinski definition) is 1. The molecule has 0 saturated heterocycles. The first-order chi connectivity index (χ1) is 17.9. The van der Waals surface area contributed by atoms with Crippen molar-refractivity contribution >= 4 is 15.7 Å². The number of allylic oxidation sites excluding steroid dienone is 1. The Hall–Kier alpha value is -4.17. The van der Waals surface area contributed by atoms with Gasteiger partial charge in [0.2, 0.25) is 0 Å². The fourth-order valence-electron chi connectivity index (χ4n) is 3.59. The molecule has 0 bridgehead atoms. The van der Waals surface area contributed by atoms with E-state index in [2.05, 4.69) is 5.32 Å². The number of benzene rings is 2. The standard InChI is InChI=1S/C27H24F3N3O4S/c1-19-9-14-24(26(35)33(19)22-8-6-7-21(17-22)27(28,29)30)25(34)32-18-20-10-12-23(13-11-20)38(36,37)16-5-3-2-4-15-31/h3,5-14,17H,2,4,16,18H2,1H3,(H,32,34). The molecule has 0 atom stereocenters. The number of rotatable bonds is 9. The smallest absolute Gasteiger partial charge is 0.348 e. The lowest BCUT2D eigenvalue weighted by atomic mass is 10.1. The third kappa shape index (κ3) is 6.98. The highest BCUT2D eigenvalue weighted by Crippen LogP contribution is 2.30. The first kappa shape index (κ1) is 28.4. The summed E-state index contributed by atoms with van der Waals surface area (Å²) in [5, 5.41) is 11.1. The molecule has 1 N–H and O–H groups in total. The SMILES string of the molecule is Cc1ccc(C(=O)NCc2ccc(S(=O)(=O)CC=CCCC#N)cc2)c(=O)n1-c1cccc(C(F)(F)F)c1. The van der Waals surface area contributed by atoms with E-state index in [1.54, 1.807) is 13.0 Å². The lowest BCUT2D eigenvalue weighted by molar-refractivity contribution is -0.137. The molecule has 0 unspecified atom stereocenters. The molecule has 0 saturated carbocycles. The van der Waals surface area contributed by atoms with Gasteiger partial charge in [-0.3, -0.25) is 14.2 Å². The van der Waals surface area contributed by atoms with Gasteiger partial charge in [-0.05, 0) is 61.4 Å². The normalized spacial score (nSPS) is 11.9. The molecule has 2 aromatic carbocycles. The number of nitrogens with one attached hydrogen (secondary N) is 1. The average Bonchev–Trinajstić information content (AvgIpc) is 2.87. The second kappa shape index (κ2) is 11.9. The zero-order valence-corrected chi connectivity index (χ0v) is 21.1. The zero-order chi connectivity index (χ0) is 27.9. The van der Waals surface area contributed by atoms with Gasteiger partial charge in [0.25, 0.3) is 11.5 Å². The Labute approximate surface area is 217 Å². The summed E-state index contributed by atoms with van der Waals surface area (Å²) in [5.41, 5.74) is -1.04. The molecule has 11 heteroatoms. The van der Waals surface area contributed by atoms with Crippen molar-refractivity contribution in [2.75, 3.05) is 5.75 Å². The molecule has 1 aromatic heterocycles. The van der Waals surface area contributed by atoms with Crippen LogP contribution in [0.5, 0.6) is 0 Å². The van der Waals surface area contributed by atoms with Crippen molar-refractivity contribution < 1.29 is 26.4 Å². The molecule has 1 amide bonds. The second-order valence-electron chi connectivity index (χ2n) is 8.35. The van der Waals surface area contributed by atoms with E-state index in [4.69, 9.17) is 5.26 Å². The maximum Gasteiger partial charge on any atom is 0.416 e. The predicted octanol–water partition coefficient (Wildman–Crippen LogP) is 4.73. The van der Waals surface area contributed by atoms with Gasteiger partial charge in [-0.1, -0.05) is 30.4 Å². The number of halogens is 3. The number of carbonyl (C=O) groups excluding carboxylic acids is 1. The Kier molecular flexibility index (Phi) is 8.91. The van der Waals surface area contributed by atoms with E-state index >= 15 is 0 Å². The summed E-state index contributed by atoms with van der Waals surface area (Å²) in [6.45, 7) is 1.53. The molecule has 0 radical (unpaired) electrons. The van der Waals surface area contributed by atoms with Crippen molar-refractivity contribution in [3.8, 4) is 11.8 Å². The molecule has 0 fully saturated rings. The monoisotopic (exact) mass is 543 g/mol. The molecule has 0 spiro atoms. The van der Waals surface area contributed by atoms with Crippen LogP contribution < -0.4 is 10.9 Å². The molecule has 38 heavy (non-hydrogen) atoms. The lowest BCUT2D eigenvalue weighted by Gasteiger charge is -2.14. The van der Waals surface area contributed by atoms with Crippen LogP contribution in [0.3, 0.4) is 0 Å². The van der Waals surface area contributed by atoms with Crippen LogP contribution in [0.15, 0.2) is 82.5 Å². The number of amides is 1. The fourth-order valence-corrected chi connectivity index (χ4v) is 4.73. The summed E-state index contributed by atoms with van der Waals surface area (Å²) in [6, 6.07) is 14.9. The van der Waals surface area contributed by atoms with E-state index in [1.165, 1.54) is 54.6 Å². The van der Waals surface area contributed by atoms with Gasteiger partial charge >= 0.3 is 6.18 Å². The van der Waals surface area contributed by atoms with Crippen LogP contribution in [0.1, 0.15) is 40.0 Å². The number of carbonyl (C=O) groups is 1. The van der Waals surface area contributed by atoms with Gasteiger partial charge in [-0.15, -0.1) is 0 Å². The number of sulfone groups is 1. The second-order valence-corrected chi connectivity index (χ2v) is 10.4. The predicted molar refractivity (Wildman–Crippen MR) is 135 cm³/mol. The average molecular weight is 544 g/mol. The van der Waals surface area contributed by atoms with Crippen molar-refractivity contribution in [3.05, 3.63) is 106 Å². The van der Waals surface area contributed by atoms with Crippen molar-refractivity contribution in [1.82, 2.24) is 9.88 Å². The van der Waals surface area contributed by atoms with E-state index in [1.807, 2.05) is 6.07 Å². The number of pyridine rings is 1. The highest BCUT2D eigenvalue weighted by Gasteiger charge is 2.30. The molecular weight excluding hydrogens is 519 g/mol. The van der Waals surface area contributed by atoms with E-state index in [-0.39, 0.29) is 28.4 Å². The van der Waals surface area contributed by atoms with Gasteiger partial charge in [0.15, 0.2) is 9.84 Å². The summed E-state index contributed by atoms with van der Waals surface area (Å²) >= 11 is 0. The minimum Gasteiger partial charge on any atom is -0.348 e. The number of alkyl halides is 3. The van der Waals surface area contributed by atoms with Crippen LogP contribution in [0.4, 0.5) is 13.2 Å². The van der Waals surface area contributed by atoms with Crippen LogP contribution >= 0.6 is 0 Å². The molecule has 0 aliphatic rings. The molecule has 3 aromatic rings. The lowest BCUT2D eigenvalue weighted by Crippen LogP contribution is -2.33. The van der Waals surface area contributed by atoms with E-state index in [9.17, 15) is 31.2 Å². The Bertz CT molecular complexity index is 1550. The van der Waals surface area contributed by atoms with Gasteiger partial charge in [-0.25, -0.2) is 8.42 Å². The maximum absolute atomic E-state index is 13.1. The van der Waals surface area contributed by atoms with Crippen LogP contribution in [0.25, 0.3) is 5.69 Å². The van der Waals surface area contributed by atoms with Crippen LogP contribution in [0.2, 0.25) is 0 Å². The number of aromatic nitrogens is 1. The first-order valence-corrected chi connectivity index (χ1v) is 13.1. The minimum atomic E-state index is -4.59. The van der Waals surface area contributed by atoms with E-state index in [0.717, 1.165) is 16.7 Å². The van der Waals surface area contributed by atoms with Crippen molar-refractivity contribution in [1.29, 1.82) is 5.26 Å². The van der Waals surface area contributed by atoms with Crippen LogP contribution in [-0.4, -0.2) is 24.6 Å². The summed E-state index contributed by atoms with van der Waals surface area (Å²) in [5.74, 6) is -0.935. The molecule has 0 aliphatic heterocycles. The summed E-state index contributed by atoms with van der Waals surface area (Å²) < 4.78 is 65.3.